The fourth-order valence-electron chi connectivity index (χ4n) is 1.95. The Morgan fingerprint density at radius 1 is 1.57 bits per heavy atom. The molecule has 1 aliphatic rings. The van der Waals surface area contributed by atoms with Crippen LogP contribution in [0.25, 0.3) is 0 Å². The molecule has 3 nitrogen and oxygen atoms in total. The number of benzene rings is 1. The van der Waals surface area contributed by atoms with E-state index in [2.05, 4.69) is 6.07 Å². The number of rotatable bonds is 1. The average molecular weight is 188 g/mol. The maximum absolute atomic E-state index is 8.96. The molecule has 0 unspecified atom stereocenters. The highest BCUT2D eigenvalue weighted by molar-refractivity contribution is 5.51. The second kappa shape index (κ2) is 3.32. The van der Waals surface area contributed by atoms with E-state index in [1.54, 1.807) is 13.2 Å². The van der Waals surface area contributed by atoms with Gasteiger partial charge in [0.05, 0.1) is 18.7 Å². The third-order valence-corrected chi connectivity index (χ3v) is 2.72. The van der Waals surface area contributed by atoms with Crippen molar-refractivity contribution in [1.82, 2.24) is 0 Å². The molecule has 0 spiro atoms. The molecule has 14 heavy (non-hydrogen) atoms. The predicted octanol–water partition coefficient (Wildman–Crippen LogP) is 1.51. The van der Waals surface area contributed by atoms with Crippen molar-refractivity contribution < 1.29 is 4.74 Å². The molecule has 0 aliphatic heterocycles. The van der Waals surface area contributed by atoms with Gasteiger partial charge in [0.25, 0.3) is 0 Å². The van der Waals surface area contributed by atoms with Crippen LogP contribution in [0.2, 0.25) is 0 Å². The number of ether oxygens (including phenoxy) is 1. The monoisotopic (exact) mass is 188 g/mol. The van der Waals surface area contributed by atoms with Gasteiger partial charge in [0.2, 0.25) is 0 Å². The summed E-state index contributed by atoms with van der Waals surface area (Å²) in [6.45, 7) is 0. The quantitative estimate of drug-likeness (QED) is 0.726. The standard InChI is InChI=1S/C11H12N2O/c1-14-8-4-7(6-12)9-2-3-11(13)10(9)5-8/h4-5,11H,2-3,13H2,1H3/t11-/m1/s1. The van der Waals surface area contributed by atoms with Crippen molar-refractivity contribution in [2.24, 2.45) is 5.73 Å². The summed E-state index contributed by atoms with van der Waals surface area (Å²) in [7, 11) is 1.60. The van der Waals surface area contributed by atoms with Crippen LogP contribution in [0, 0.1) is 11.3 Å². The van der Waals surface area contributed by atoms with E-state index in [0.717, 1.165) is 29.7 Å². The summed E-state index contributed by atoms with van der Waals surface area (Å²) >= 11 is 0. The first kappa shape index (κ1) is 9.04. The number of nitrogens with two attached hydrogens (primary N) is 1. The Kier molecular flexibility index (Phi) is 2.14. The van der Waals surface area contributed by atoms with Gasteiger partial charge in [-0.15, -0.1) is 0 Å². The fourth-order valence-corrected chi connectivity index (χ4v) is 1.95. The number of hydrogen-bond acceptors (Lipinski definition) is 3. The molecule has 0 heterocycles. The first-order chi connectivity index (χ1) is 6.76. The van der Waals surface area contributed by atoms with Crippen LogP contribution < -0.4 is 10.5 Å². The molecule has 1 aromatic carbocycles. The van der Waals surface area contributed by atoms with Crippen molar-refractivity contribution in [2.45, 2.75) is 18.9 Å². The molecule has 0 saturated carbocycles. The SMILES string of the molecule is COc1cc(C#N)c2c(c1)[C@H](N)CC2. The van der Waals surface area contributed by atoms with Crippen LogP contribution in [0.3, 0.4) is 0 Å². The number of nitrogens with zero attached hydrogens (tertiary/aromatic N) is 1. The van der Waals surface area contributed by atoms with E-state index in [1.807, 2.05) is 6.07 Å². The van der Waals surface area contributed by atoms with Crippen LogP contribution in [0.4, 0.5) is 0 Å². The molecule has 1 aromatic rings. The van der Waals surface area contributed by atoms with Gasteiger partial charge in [-0.2, -0.15) is 5.26 Å². The lowest BCUT2D eigenvalue weighted by molar-refractivity contribution is 0.414. The summed E-state index contributed by atoms with van der Waals surface area (Å²) in [4.78, 5) is 0. The van der Waals surface area contributed by atoms with Crippen LogP contribution >= 0.6 is 0 Å². The molecule has 1 atom stereocenters. The number of methoxy groups -OCH3 is 1. The highest BCUT2D eigenvalue weighted by Gasteiger charge is 2.22. The third kappa shape index (κ3) is 1.24. The number of nitriles is 1. The Morgan fingerprint density at radius 3 is 3.00 bits per heavy atom. The lowest BCUT2D eigenvalue weighted by Crippen LogP contribution is -2.05. The lowest BCUT2D eigenvalue weighted by atomic mass is 10.0. The molecular formula is C11H12N2O. The highest BCUT2D eigenvalue weighted by atomic mass is 16.5. The zero-order valence-electron chi connectivity index (χ0n) is 8.08. The van der Waals surface area contributed by atoms with E-state index < -0.39 is 0 Å². The Bertz CT molecular complexity index is 406. The van der Waals surface area contributed by atoms with Gasteiger partial charge in [-0.1, -0.05) is 0 Å². The fraction of sp³-hybridized carbons (Fsp3) is 0.364. The summed E-state index contributed by atoms with van der Waals surface area (Å²) in [5, 5.41) is 8.96. The van der Waals surface area contributed by atoms with Crippen molar-refractivity contribution >= 4 is 0 Å². The van der Waals surface area contributed by atoms with Crippen molar-refractivity contribution in [3.05, 3.63) is 28.8 Å². The molecule has 72 valence electrons. The number of hydrogen-bond donors (Lipinski definition) is 1. The van der Waals surface area contributed by atoms with Crippen molar-refractivity contribution in [1.29, 1.82) is 5.26 Å². The lowest BCUT2D eigenvalue weighted by Gasteiger charge is -2.08. The van der Waals surface area contributed by atoms with Crippen molar-refractivity contribution in [3.63, 3.8) is 0 Å². The predicted molar refractivity (Wildman–Crippen MR) is 53.0 cm³/mol. The molecule has 0 aromatic heterocycles. The Morgan fingerprint density at radius 2 is 2.36 bits per heavy atom. The van der Waals surface area contributed by atoms with Gasteiger partial charge < -0.3 is 10.5 Å². The summed E-state index contributed by atoms with van der Waals surface area (Å²) in [5.74, 6) is 0.720. The average Bonchev–Trinajstić information content (AvgIpc) is 2.59. The van der Waals surface area contributed by atoms with Crippen LogP contribution in [0.15, 0.2) is 12.1 Å². The maximum atomic E-state index is 8.96. The Labute approximate surface area is 83.1 Å². The normalized spacial score (nSPS) is 18.8. The van der Waals surface area contributed by atoms with Gasteiger partial charge >= 0.3 is 0 Å². The van der Waals surface area contributed by atoms with Gasteiger partial charge in [-0.05, 0) is 36.1 Å². The molecule has 2 rings (SSSR count). The van der Waals surface area contributed by atoms with Gasteiger partial charge in [0.15, 0.2) is 0 Å². The van der Waals surface area contributed by atoms with E-state index in [-0.39, 0.29) is 6.04 Å². The van der Waals surface area contributed by atoms with Crippen LogP contribution in [-0.2, 0) is 6.42 Å². The maximum Gasteiger partial charge on any atom is 0.120 e. The van der Waals surface area contributed by atoms with E-state index in [9.17, 15) is 0 Å². The molecule has 0 radical (unpaired) electrons. The van der Waals surface area contributed by atoms with Gasteiger partial charge in [-0.3, -0.25) is 0 Å². The minimum Gasteiger partial charge on any atom is -0.497 e. The zero-order chi connectivity index (χ0) is 10.1. The highest BCUT2D eigenvalue weighted by Crippen LogP contribution is 2.34. The summed E-state index contributed by atoms with van der Waals surface area (Å²) < 4.78 is 5.12. The van der Waals surface area contributed by atoms with Crippen LogP contribution in [0.5, 0.6) is 5.75 Å². The molecular weight excluding hydrogens is 176 g/mol. The van der Waals surface area contributed by atoms with E-state index in [1.165, 1.54) is 0 Å². The number of fused-ring (bicyclic) bond motifs is 1. The topological polar surface area (TPSA) is 59.0 Å². The molecule has 0 bridgehead atoms. The Balaban J connectivity index is 2.59. The first-order valence-corrected chi connectivity index (χ1v) is 4.62. The summed E-state index contributed by atoms with van der Waals surface area (Å²) in [5.41, 5.74) is 8.80. The third-order valence-electron chi connectivity index (χ3n) is 2.72. The first-order valence-electron chi connectivity index (χ1n) is 4.62. The minimum atomic E-state index is 0.0622. The second-order valence-corrected chi connectivity index (χ2v) is 3.50. The summed E-state index contributed by atoms with van der Waals surface area (Å²) in [6.07, 6.45) is 1.83. The molecule has 0 fully saturated rings. The van der Waals surface area contributed by atoms with Crippen LogP contribution in [0.1, 0.15) is 29.2 Å². The van der Waals surface area contributed by atoms with Gasteiger partial charge in [0, 0.05) is 6.04 Å². The van der Waals surface area contributed by atoms with E-state index in [0.29, 0.717) is 5.56 Å². The molecule has 3 heteroatoms. The van der Waals surface area contributed by atoms with E-state index in [4.69, 9.17) is 15.7 Å². The molecule has 0 saturated heterocycles. The second-order valence-electron chi connectivity index (χ2n) is 3.50. The van der Waals surface area contributed by atoms with Crippen molar-refractivity contribution in [3.8, 4) is 11.8 Å². The van der Waals surface area contributed by atoms with Crippen molar-refractivity contribution in [2.75, 3.05) is 7.11 Å². The smallest absolute Gasteiger partial charge is 0.120 e. The largest absolute Gasteiger partial charge is 0.497 e. The Hall–Kier alpha value is -1.53. The van der Waals surface area contributed by atoms with Crippen LogP contribution in [-0.4, -0.2) is 7.11 Å². The zero-order valence-corrected chi connectivity index (χ0v) is 8.08. The molecule has 1 aliphatic carbocycles. The van der Waals surface area contributed by atoms with E-state index >= 15 is 0 Å². The molecule has 0 amide bonds. The summed E-state index contributed by atoms with van der Waals surface area (Å²) in [6, 6.07) is 5.96. The van der Waals surface area contributed by atoms with Gasteiger partial charge in [0.1, 0.15) is 5.75 Å². The molecule has 2 N–H and O–H groups in total. The van der Waals surface area contributed by atoms with Gasteiger partial charge in [-0.25, -0.2) is 0 Å². The minimum absolute atomic E-state index is 0.0622.